The molecule has 3 heterocycles. The molecule has 3 aromatic heterocycles. The number of aliphatic hydroxyl groups excluding tert-OH is 1. The quantitative estimate of drug-likeness (QED) is 0.112. The van der Waals surface area contributed by atoms with Gasteiger partial charge in [-0.1, -0.05) is 64.1 Å². The van der Waals surface area contributed by atoms with E-state index in [1.165, 1.54) is 30.5 Å². The summed E-state index contributed by atoms with van der Waals surface area (Å²) < 4.78 is 51.1. The van der Waals surface area contributed by atoms with Gasteiger partial charge < -0.3 is 14.5 Å². The molecule has 0 unspecified atom stereocenters. The molecule has 0 aliphatic carbocycles. The Morgan fingerprint density at radius 2 is 1.72 bits per heavy atom. The zero-order valence-electron chi connectivity index (χ0n) is 29.4. The smallest absolute Gasteiger partial charge is 0.216 e. The summed E-state index contributed by atoms with van der Waals surface area (Å²) >= 11 is 0. The second kappa shape index (κ2) is 13.5. The summed E-state index contributed by atoms with van der Waals surface area (Å²) in [6.07, 6.45) is 6.18. The van der Waals surface area contributed by atoms with Crippen molar-refractivity contribution < 1.29 is 42.6 Å². The Morgan fingerprint density at radius 3 is 2.33 bits per heavy atom. The number of hydrogen-bond donors (Lipinski definition) is 1. The van der Waals surface area contributed by atoms with E-state index < -0.39 is 13.7 Å². The average molecular weight is 712 g/mol. The molecule has 0 spiro atoms. The first-order valence-corrected chi connectivity index (χ1v) is 13.1. The van der Waals surface area contributed by atoms with Crippen molar-refractivity contribution in [1.82, 2.24) is 9.97 Å². The summed E-state index contributed by atoms with van der Waals surface area (Å²) in [5, 5.41) is 11.5. The van der Waals surface area contributed by atoms with Crippen LogP contribution >= 0.6 is 0 Å². The molecule has 0 bridgehead atoms. The van der Waals surface area contributed by atoms with Crippen molar-refractivity contribution in [2.45, 2.75) is 80.9 Å². The van der Waals surface area contributed by atoms with Crippen molar-refractivity contribution in [3.8, 4) is 11.3 Å². The maximum absolute atomic E-state index is 12.2. The molecule has 1 radical (unpaired) electrons. The molecule has 0 amide bonds. The van der Waals surface area contributed by atoms with Crippen LogP contribution in [0.15, 0.2) is 58.8 Å². The van der Waals surface area contributed by atoms with E-state index in [4.69, 9.17) is 12.6 Å². The molecule has 0 saturated heterocycles. The van der Waals surface area contributed by atoms with Crippen LogP contribution in [0.4, 0.5) is 0 Å². The minimum Gasteiger partial charge on any atom is -0.512 e. The van der Waals surface area contributed by atoms with Gasteiger partial charge in [0.1, 0.15) is 5.76 Å². The van der Waals surface area contributed by atoms with Crippen LogP contribution in [-0.4, -0.2) is 20.9 Å². The first-order valence-electron chi connectivity index (χ1n) is 16.1. The third-order valence-electron chi connectivity index (χ3n) is 7.92. The van der Waals surface area contributed by atoms with E-state index in [1.807, 2.05) is 41.5 Å². The van der Waals surface area contributed by atoms with Crippen molar-refractivity contribution in [3.63, 3.8) is 0 Å². The molecule has 211 valence electrons. The number of rotatable bonds is 8. The van der Waals surface area contributed by atoms with Gasteiger partial charge in [-0.2, -0.15) is 0 Å². The van der Waals surface area contributed by atoms with E-state index in [9.17, 15) is 9.90 Å². The Labute approximate surface area is 254 Å². The number of ketones is 1. The predicted molar refractivity (Wildman–Crippen MR) is 156 cm³/mol. The molecule has 1 N–H and O–H groups in total. The Kier molecular flexibility index (Phi) is 8.31. The summed E-state index contributed by atoms with van der Waals surface area (Å²) in [7, 11) is 0. The number of fused-ring (bicyclic) bond motifs is 3. The number of pyridine rings is 2. The second-order valence-electron chi connectivity index (χ2n) is 10.1. The summed E-state index contributed by atoms with van der Waals surface area (Å²) in [5.74, 6) is 0.286. The first-order chi connectivity index (χ1) is 20.4. The fourth-order valence-electron chi connectivity index (χ4n) is 4.06. The Balaban J connectivity index is 0.000000343. The molecular formula is C33H41IrN2O3-. The Morgan fingerprint density at radius 1 is 1.03 bits per heavy atom. The van der Waals surface area contributed by atoms with E-state index in [1.54, 1.807) is 18.2 Å². The van der Waals surface area contributed by atoms with Gasteiger partial charge in [-0.3, -0.25) is 4.79 Å². The van der Waals surface area contributed by atoms with Crippen molar-refractivity contribution in [2.24, 2.45) is 10.8 Å². The third-order valence-corrected chi connectivity index (χ3v) is 7.92. The van der Waals surface area contributed by atoms with Crippen molar-refractivity contribution >= 4 is 27.9 Å². The molecule has 0 atom stereocenters. The fraction of sp³-hybridized carbons (Fsp3) is 0.424. The number of benzene rings is 1. The monoisotopic (exact) mass is 712 g/mol. The average Bonchev–Trinajstić information content (AvgIpc) is 3.38. The first kappa shape index (κ1) is 24.0. The maximum Gasteiger partial charge on any atom is 0.216 e. The van der Waals surface area contributed by atoms with E-state index in [0.29, 0.717) is 22.2 Å². The van der Waals surface area contributed by atoms with Gasteiger partial charge in [0.05, 0.1) is 5.58 Å². The number of aromatic nitrogens is 2. The van der Waals surface area contributed by atoms with Gasteiger partial charge in [0.25, 0.3) is 0 Å². The number of furan rings is 1. The van der Waals surface area contributed by atoms with Gasteiger partial charge in [0.2, 0.25) is 5.71 Å². The zero-order valence-corrected chi connectivity index (χ0v) is 25.8. The Hall–Kier alpha value is -2.82. The van der Waals surface area contributed by atoms with Crippen LogP contribution in [0.25, 0.3) is 33.3 Å². The number of carbonyl (C=O) groups is 1. The molecular weight excluding hydrogens is 665 g/mol. The molecule has 4 rings (SSSR count). The number of carbonyl (C=O) groups excluding carboxylic acids is 1. The van der Waals surface area contributed by atoms with Crippen molar-refractivity contribution in [3.05, 3.63) is 71.8 Å². The SMILES string of the molecule is CCC(C)(CC)C(=O)/C=C(\O)C(C)(CC)CC.[2H]C([2H])([2H])c1ccnc(-c2[c-]ccc3c2oc2nc(C([2H])([2H])[2H])ccc23)c1.[Ir]. The summed E-state index contributed by atoms with van der Waals surface area (Å²) in [6, 6.07) is 12.5. The van der Waals surface area contributed by atoms with Gasteiger partial charge in [0.15, 0.2) is 5.78 Å². The maximum atomic E-state index is 12.2. The van der Waals surface area contributed by atoms with E-state index in [-0.39, 0.29) is 59.4 Å². The number of aliphatic hydroxyl groups is 1. The van der Waals surface area contributed by atoms with Gasteiger partial charge in [-0.15, -0.1) is 18.2 Å². The summed E-state index contributed by atoms with van der Waals surface area (Å²) in [6.45, 7) is 7.49. The van der Waals surface area contributed by atoms with Gasteiger partial charge in [-0.05, 0) is 63.3 Å². The number of aryl methyl sites for hydroxylation is 2. The van der Waals surface area contributed by atoms with Gasteiger partial charge in [-0.25, -0.2) is 4.98 Å². The van der Waals surface area contributed by atoms with Gasteiger partial charge in [0, 0.05) is 62.5 Å². The number of allylic oxidation sites excluding steroid dienone is 2. The predicted octanol–water partition coefficient (Wildman–Crippen LogP) is 9.11. The largest absolute Gasteiger partial charge is 0.512 e. The van der Waals surface area contributed by atoms with Gasteiger partial charge >= 0.3 is 0 Å². The summed E-state index contributed by atoms with van der Waals surface area (Å²) in [5.41, 5.74) is 1.04. The van der Waals surface area contributed by atoms with Crippen molar-refractivity contribution in [2.75, 3.05) is 0 Å². The topological polar surface area (TPSA) is 76.2 Å². The standard InChI is InChI=1S/C18H13N2O.C15H28O2.Ir/c1-11-8-9-19-16(10-11)15-5-3-4-13-14-7-6-12(2)20-18(14)21-17(13)15;1-7-14(5,8-2)12(16)11-13(17)15(6,9-3)10-4;/h3-4,6-10H,1-2H3;11,16H,7-10H2,1-6H3;/q-1;;/b;12-11-;/i1D3,2D3;;. The molecule has 5 nitrogen and oxygen atoms in total. The Bertz CT molecular complexity index is 1650. The molecule has 0 aliphatic rings. The normalized spacial score (nSPS) is 15.1. The minimum absolute atomic E-state index is 0. The van der Waals surface area contributed by atoms with Crippen LogP contribution in [0.5, 0.6) is 0 Å². The van der Waals surface area contributed by atoms with E-state index in [0.717, 1.165) is 31.1 Å². The van der Waals surface area contributed by atoms with Crippen LogP contribution in [-0.2, 0) is 24.9 Å². The van der Waals surface area contributed by atoms with Crippen LogP contribution < -0.4 is 0 Å². The number of hydrogen-bond acceptors (Lipinski definition) is 5. The van der Waals surface area contributed by atoms with Crippen molar-refractivity contribution in [1.29, 1.82) is 0 Å². The minimum atomic E-state index is -2.34. The van der Waals surface area contributed by atoms with Crippen LogP contribution in [0.2, 0.25) is 0 Å². The molecule has 1 aromatic carbocycles. The van der Waals surface area contributed by atoms with E-state index in [2.05, 4.69) is 16.0 Å². The number of nitrogens with zero attached hydrogens (tertiary/aromatic N) is 2. The van der Waals surface area contributed by atoms with Crippen LogP contribution in [0.3, 0.4) is 0 Å². The zero-order chi connectivity index (χ0) is 33.1. The molecule has 0 fully saturated rings. The van der Waals surface area contributed by atoms with E-state index >= 15 is 0 Å². The second-order valence-corrected chi connectivity index (χ2v) is 10.1. The molecule has 0 saturated carbocycles. The molecule has 39 heavy (non-hydrogen) atoms. The molecule has 6 heteroatoms. The fourth-order valence-corrected chi connectivity index (χ4v) is 4.06. The van der Waals surface area contributed by atoms with Crippen LogP contribution in [0.1, 0.15) is 86.7 Å². The third kappa shape index (κ3) is 7.04. The molecule has 0 aliphatic heterocycles. The summed E-state index contributed by atoms with van der Waals surface area (Å²) in [4.78, 5) is 20.6. The molecule has 4 aromatic rings. The van der Waals surface area contributed by atoms with Crippen LogP contribution in [0, 0.1) is 30.6 Å².